The standard InChI is InChI=1S/C17H18F2N2/c1-10-8-21(9-10)13-6-15(18)17(16(19)7-13)14-5-4-11(2)20-12(14)3/h6-7,14,20H,1-5,8-9H2. The Hall–Kier alpha value is -2.10. The van der Waals surface area contributed by atoms with Crippen molar-refractivity contribution in [1.82, 2.24) is 5.32 Å². The van der Waals surface area contributed by atoms with E-state index in [9.17, 15) is 8.78 Å². The van der Waals surface area contributed by atoms with Crippen LogP contribution >= 0.6 is 0 Å². The zero-order valence-electron chi connectivity index (χ0n) is 11.9. The summed E-state index contributed by atoms with van der Waals surface area (Å²) < 4.78 is 28.8. The van der Waals surface area contributed by atoms with E-state index < -0.39 is 11.6 Å². The van der Waals surface area contributed by atoms with Crippen molar-refractivity contribution >= 4 is 5.69 Å². The number of nitrogens with zero attached hydrogens (tertiary/aromatic N) is 1. The largest absolute Gasteiger partial charge is 0.363 e. The Morgan fingerprint density at radius 3 is 2.24 bits per heavy atom. The summed E-state index contributed by atoms with van der Waals surface area (Å²) in [5.41, 5.74) is 3.19. The van der Waals surface area contributed by atoms with Gasteiger partial charge in [0.25, 0.3) is 0 Å². The van der Waals surface area contributed by atoms with Crippen LogP contribution in [-0.4, -0.2) is 13.1 Å². The van der Waals surface area contributed by atoms with Crippen LogP contribution in [0.25, 0.3) is 0 Å². The number of piperidine rings is 1. The van der Waals surface area contributed by atoms with Gasteiger partial charge >= 0.3 is 0 Å². The molecule has 0 aliphatic carbocycles. The molecule has 0 bridgehead atoms. The van der Waals surface area contributed by atoms with Gasteiger partial charge in [-0.15, -0.1) is 0 Å². The van der Waals surface area contributed by atoms with Crippen LogP contribution in [0.2, 0.25) is 0 Å². The highest BCUT2D eigenvalue weighted by atomic mass is 19.1. The third-order valence-electron chi connectivity index (χ3n) is 4.10. The summed E-state index contributed by atoms with van der Waals surface area (Å²) in [5, 5.41) is 3.00. The first-order valence-electron chi connectivity index (χ1n) is 7.00. The lowest BCUT2D eigenvalue weighted by Crippen LogP contribution is -2.39. The Morgan fingerprint density at radius 1 is 1.10 bits per heavy atom. The van der Waals surface area contributed by atoms with Crippen molar-refractivity contribution in [3.8, 4) is 0 Å². The molecule has 0 radical (unpaired) electrons. The average molecular weight is 288 g/mol. The van der Waals surface area contributed by atoms with E-state index in [0.717, 1.165) is 11.3 Å². The van der Waals surface area contributed by atoms with Crippen LogP contribution in [0.5, 0.6) is 0 Å². The molecule has 4 heteroatoms. The van der Waals surface area contributed by atoms with Gasteiger partial charge in [-0.1, -0.05) is 19.7 Å². The van der Waals surface area contributed by atoms with Crippen molar-refractivity contribution in [2.24, 2.45) is 0 Å². The predicted octanol–water partition coefficient (Wildman–Crippen LogP) is 3.84. The number of rotatable bonds is 2. The second kappa shape index (κ2) is 5.02. The van der Waals surface area contributed by atoms with Crippen molar-refractivity contribution in [3.63, 3.8) is 0 Å². The van der Waals surface area contributed by atoms with Gasteiger partial charge in [0, 0.05) is 41.7 Å². The summed E-state index contributed by atoms with van der Waals surface area (Å²) in [6.45, 7) is 12.9. The van der Waals surface area contributed by atoms with E-state index in [1.165, 1.54) is 12.1 Å². The molecule has 0 aromatic heterocycles. The van der Waals surface area contributed by atoms with Gasteiger partial charge in [0.1, 0.15) is 11.6 Å². The van der Waals surface area contributed by atoms with Gasteiger partial charge < -0.3 is 10.2 Å². The van der Waals surface area contributed by atoms with Gasteiger partial charge in [0.05, 0.1) is 0 Å². The van der Waals surface area contributed by atoms with Crippen molar-refractivity contribution in [3.05, 3.63) is 66.0 Å². The minimum Gasteiger partial charge on any atom is -0.363 e. The third-order valence-corrected chi connectivity index (χ3v) is 4.10. The fourth-order valence-electron chi connectivity index (χ4n) is 2.95. The highest BCUT2D eigenvalue weighted by Gasteiger charge is 2.28. The van der Waals surface area contributed by atoms with Gasteiger partial charge in [-0.2, -0.15) is 0 Å². The Bertz CT molecular complexity index is 617. The monoisotopic (exact) mass is 288 g/mol. The van der Waals surface area contributed by atoms with Gasteiger partial charge in [0.15, 0.2) is 0 Å². The fraction of sp³-hybridized carbons (Fsp3) is 0.294. The van der Waals surface area contributed by atoms with E-state index in [1.54, 1.807) is 0 Å². The van der Waals surface area contributed by atoms with Crippen LogP contribution in [0.15, 0.2) is 48.8 Å². The van der Waals surface area contributed by atoms with E-state index in [4.69, 9.17) is 0 Å². The molecule has 0 spiro atoms. The van der Waals surface area contributed by atoms with Crippen LogP contribution in [0.3, 0.4) is 0 Å². The molecule has 2 aliphatic rings. The maximum Gasteiger partial charge on any atom is 0.132 e. The van der Waals surface area contributed by atoms with Gasteiger partial charge in [-0.3, -0.25) is 0 Å². The van der Waals surface area contributed by atoms with Crippen LogP contribution in [0.1, 0.15) is 24.3 Å². The normalized spacial score (nSPS) is 22.1. The number of anilines is 1. The number of hydrogen-bond acceptors (Lipinski definition) is 2. The third kappa shape index (κ3) is 2.46. The van der Waals surface area contributed by atoms with Crippen LogP contribution in [0, 0.1) is 11.6 Å². The second-order valence-electron chi connectivity index (χ2n) is 5.77. The number of halogens is 2. The molecule has 2 fully saturated rings. The quantitative estimate of drug-likeness (QED) is 0.832. The molecule has 21 heavy (non-hydrogen) atoms. The van der Waals surface area contributed by atoms with Crippen LogP contribution < -0.4 is 10.2 Å². The molecule has 2 nitrogen and oxygen atoms in total. The molecule has 1 unspecified atom stereocenters. The Kier molecular flexibility index (Phi) is 3.32. The van der Waals surface area contributed by atoms with E-state index in [1.807, 2.05) is 4.90 Å². The maximum atomic E-state index is 14.4. The molecule has 3 rings (SSSR count). The number of nitrogens with one attached hydrogen (secondary N) is 1. The molecular weight excluding hydrogens is 270 g/mol. The zero-order valence-corrected chi connectivity index (χ0v) is 11.9. The summed E-state index contributed by atoms with van der Waals surface area (Å²) in [6, 6.07) is 2.81. The molecule has 2 saturated heterocycles. The van der Waals surface area contributed by atoms with Crippen molar-refractivity contribution in [1.29, 1.82) is 0 Å². The molecular formula is C17H18F2N2. The molecule has 2 aliphatic heterocycles. The summed E-state index contributed by atoms with van der Waals surface area (Å²) in [5.74, 6) is -1.37. The Labute approximate surface area is 123 Å². The smallest absolute Gasteiger partial charge is 0.132 e. The molecule has 0 saturated carbocycles. The minimum absolute atomic E-state index is 0.100. The van der Waals surface area contributed by atoms with Crippen LogP contribution in [-0.2, 0) is 0 Å². The van der Waals surface area contributed by atoms with Gasteiger partial charge in [-0.25, -0.2) is 8.78 Å². The summed E-state index contributed by atoms with van der Waals surface area (Å²) in [6.07, 6.45) is 1.31. The predicted molar refractivity (Wildman–Crippen MR) is 81.1 cm³/mol. The minimum atomic E-state index is -0.511. The second-order valence-corrected chi connectivity index (χ2v) is 5.77. The number of benzene rings is 1. The SMILES string of the molecule is C=C1CN(c2cc(F)c(C3CCC(=C)NC3=C)c(F)c2)C1. The topological polar surface area (TPSA) is 15.3 Å². The first-order chi connectivity index (χ1) is 9.95. The highest BCUT2D eigenvalue weighted by Crippen LogP contribution is 2.37. The van der Waals surface area contributed by atoms with E-state index >= 15 is 0 Å². The Balaban J connectivity index is 1.91. The summed E-state index contributed by atoms with van der Waals surface area (Å²) in [4.78, 5) is 1.90. The highest BCUT2D eigenvalue weighted by molar-refractivity contribution is 5.55. The lowest BCUT2D eigenvalue weighted by Gasteiger charge is -2.36. The lowest BCUT2D eigenvalue weighted by atomic mass is 9.87. The van der Waals surface area contributed by atoms with E-state index in [-0.39, 0.29) is 11.5 Å². The maximum absolute atomic E-state index is 14.4. The van der Waals surface area contributed by atoms with Gasteiger partial charge in [0.2, 0.25) is 0 Å². The molecule has 110 valence electrons. The number of hydrogen-bond donors (Lipinski definition) is 1. The van der Waals surface area contributed by atoms with Crippen molar-refractivity contribution in [2.45, 2.75) is 18.8 Å². The van der Waals surface area contributed by atoms with Gasteiger partial charge in [-0.05, 0) is 30.5 Å². The van der Waals surface area contributed by atoms with E-state index in [2.05, 4.69) is 25.1 Å². The fourth-order valence-corrected chi connectivity index (χ4v) is 2.95. The molecule has 1 N–H and O–H groups in total. The molecule has 1 atom stereocenters. The number of allylic oxidation sites excluding steroid dienone is 2. The zero-order chi connectivity index (χ0) is 15.1. The molecule has 2 heterocycles. The average Bonchev–Trinajstić information content (AvgIpc) is 2.36. The van der Waals surface area contributed by atoms with E-state index in [0.29, 0.717) is 37.3 Å². The molecule has 0 amide bonds. The first kappa shape index (κ1) is 13.9. The summed E-state index contributed by atoms with van der Waals surface area (Å²) >= 11 is 0. The first-order valence-corrected chi connectivity index (χ1v) is 7.00. The van der Waals surface area contributed by atoms with Crippen molar-refractivity contribution in [2.75, 3.05) is 18.0 Å². The summed E-state index contributed by atoms with van der Waals surface area (Å²) in [7, 11) is 0. The van der Waals surface area contributed by atoms with Crippen molar-refractivity contribution < 1.29 is 8.78 Å². The Morgan fingerprint density at radius 2 is 1.71 bits per heavy atom. The lowest BCUT2D eigenvalue weighted by molar-refractivity contribution is 0.502. The van der Waals surface area contributed by atoms with Crippen LogP contribution in [0.4, 0.5) is 14.5 Å². The molecule has 1 aromatic rings. The molecule has 1 aromatic carbocycles.